The molecule has 1 fully saturated rings. The molecule has 4 heteroatoms. The number of hydrogen-bond donors (Lipinski definition) is 0. The van der Waals surface area contributed by atoms with Gasteiger partial charge in [-0.2, -0.15) is 0 Å². The predicted molar refractivity (Wildman–Crippen MR) is 88.6 cm³/mol. The van der Waals surface area contributed by atoms with Crippen molar-refractivity contribution in [1.29, 1.82) is 0 Å². The first-order chi connectivity index (χ1) is 10.5. The van der Waals surface area contributed by atoms with Crippen LogP contribution in [0, 0.1) is 18.8 Å². The lowest BCUT2D eigenvalue weighted by atomic mass is 9.93. The average molecular weight is 325 g/mol. The van der Waals surface area contributed by atoms with Gasteiger partial charge in [0.1, 0.15) is 5.75 Å². The molecule has 3 atom stereocenters. The number of rotatable bonds is 7. The van der Waals surface area contributed by atoms with Crippen molar-refractivity contribution in [2.75, 3.05) is 13.7 Å². The predicted octanol–water partition coefficient (Wildman–Crippen LogP) is 4.74. The molecule has 3 nitrogen and oxygen atoms in total. The van der Waals surface area contributed by atoms with Crippen LogP contribution in [0.5, 0.6) is 5.75 Å². The zero-order valence-electron chi connectivity index (χ0n) is 13.8. The van der Waals surface area contributed by atoms with Crippen molar-refractivity contribution in [3.8, 4) is 5.75 Å². The van der Waals surface area contributed by atoms with E-state index in [1.807, 2.05) is 19.1 Å². The Labute approximate surface area is 137 Å². The lowest BCUT2D eigenvalue weighted by Gasteiger charge is -2.18. The molecule has 0 spiro atoms. The molecule has 2 rings (SSSR count). The van der Waals surface area contributed by atoms with Gasteiger partial charge >= 0.3 is 5.97 Å². The number of carbonyl (C=O) groups is 1. The molecule has 3 unspecified atom stereocenters. The van der Waals surface area contributed by atoms with Crippen LogP contribution in [0.4, 0.5) is 0 Å². The minimum absolute atomic E-state index is 0.0772. The van der Waals surface area contributed by atoms with Gasteiger partial charge in [-0.25, -0.2) is 0 Å². The van der Waals surface area contributed by atoms with Gasteiger partial charge in [0.05, 0.1) is 19.6 Å². The molecule has 0 amide bonds. The highest BCUT2D eigenvalue weighted by Gasteiger charge is 2.44. The van der Waals surface area contributed by atoms with Crippen LogP contribution in [0.3, 0.4) is 0 Å². The summed E-state index contributed by atoms with van der Waals surface area (Å²) in [6, 6.07) is 4.04. The Balaban J connectivity index is 2.09. The molecule has 0 bridgehead atoms. The summed E-state index contributed by atoms with van der Waals surface area (Å²) in [5.41, 5.74) is 2.17. The zero-order chi connectivity index (χ0) is 16.3. The van der Waals surface area contributed by atoms with E-state index < -0.39 is 0 Å². The van der Waals surface area contributed by atoms with Crippen LogP contribution in [0.15, 0.2) is 12.1 Å². The van der Waals surface area contributed by atoms with Crippen LogP contribution in [0.2, 0.25) is 5.02 Å². The van der Waals surface area contributed by atoms with Crippen molar-refractivity contribution in [1.82, 2.24) is 0 Å². The molecule has 22 heavy (non-hydrogen) atoms. The molecule has 0 saturated heterocycles. The fourth-order valence-electron chi connectivity index (χ4n) is 2.92. The third-order valence-corrected chi connectivity index (χ3v) is 4.77. The van der Waals surface area contributed by atoms with Crippen molar-refractivity contribution < 1.29 is 14.3 Å². The topological polar surface area (TPSA) is 35.5 Å². The molecule has 0 N–H and O–H groups in total. The summed E-state index contributed by atoms with van der Waals surface area (Å²) in [7, 11) is 1.46. The molecule has 0 aromatic heterocycles. The minimum atomic E-state index is -0.0819. The SMILES string of the molecule is CCCOc1cc(C)c(Cl)cc1C(C)CC1CC1C(=O)OC. The molecule has 1 saturated carbocycles. The average Bonchev–Trinajstić information content (AvgIpc) is 3.26. The standard InChI is InChI=1S/C18H25ClO3/c1-5-6-22-17-8-12(3)16(19)10-14(17)11(2)7-13-9-15(13)18(20)21-4/h8,10-11,13,15H,5-7,9H2,1-4H3. The van der Waals surface area contributed by atoms with Crippen LogP contribution in [-0.2, 0) is 9.53 Å². The number of halogens is 1. The van der Waals surface area contributed by atoms with Crippen LogP contribution in [0.1, 0.15) is 50.2 Å². The Bertz CT molecular complexity index is 541. The van der Waals surface area contributed by atoms with E-state index in [0.717, 1.165) is 41.2 Å². The van der Waals surface area contributed by atoms with Gasteiger partial charge in [-0.3, -0.25) is 4.79 Å². The Morgan fingerprint density at radius 3 is 2.82 bits per heavy atom. The van der Waals surface area contributed by atoms with E-state index in [1.165, 1.54) is 7.11 Å². The Kier molecular flexibility index (Phi) is 5.74. The van der Waals surface area contributed by atoms with E-state index in [4.69, 9.17) is 21.1 Å². The van der Waals surface area contributed by atoms with Gasteiger partial charge in [-0.15, -0.1) is 0 Å². The van der Waals surface area contributed by atoms with Gasteiger partial charge in [-0.1, -0.05) is 25.4 Å². The summed E-state index contributed by atoms with van der Waals surface area (Å²) in [5, 5.41) is 0.769. The highest BCUT2D eigenvalue weighted by Crippen LogP contribution is 2.47. The third kappa shape index (κ3) is 3.95. The molecule has 1 aliphatic carbocycles. The smallest absolute Gasteiger partial charge is 0.308 e. The van der Waals surface area contributed by atoms with E-state index in [1.54, 1.807) is 0 Å². The van der Waals surface area contributed by atoms with Crippen LogP contribution in [0.25, 0.3) is 0 Å². The van der Waals surface area contributed by atoms with E-state index in [0.29, 0.717) is 18.4 Å². The van der Waals surface area contributed by atoms with Gasteiger partial charge in [-0.05, 0) is 61.3 Å². The second-order valence-corrected chi connectivity index (χ2v) is 6.66. The molecule has 1 aromatic carbocycles. The maximum absolute atomic E-state index is 11.5. The summed E-state index contributed by atoms with van der Waals surface area (Å²) in [4.78, 5) is 11.5. The number of methoxy groups -OCH3 is 1. The quantitative estimate of drug-likeness (QED) is 0.679. The molecule has 0 radical (unpaired) electrons. The zero-order valence-corrected chi connectivity index (χ0v) is 14.6. The number of benzene rings is 1. The fourth-order valence-corrected chi connectivity index (χ4v) is 3.09. The van der Waals surface area contributed by atoms with Crippen molar-refractivity contribution >= 4 is 17.6 Å². The van der Waals surface area contributed by atoms with Crippen LogP contribution >= 0.6 is 11.6 Å². The number of esters is 1. The van der Waals surface area contributed by atoms with E-state index in [9.17, 15) is 4.79 Å². The monoisotopic (exact) mass is 324 g/mol. The summed E-state index contributed by atoms with van der Waals surface area (Å²) in [6.45, 7) is 6.96. The Morgan fingerprint density at radius 2 is 2.18 bits per heavy atom. The lowest BCUT2D eigenvalue weighted by Crippen LogP contribution is -2.07. The first kappa shape index (κ1) is 17.1. The van der Waals surface area contributed by atoms with Crippen molar-refractivity contribution in [2.45, 2.75) is 46.0 Å². The van der Waals surface area contributed by atoms with E-state index in [-0.39, 0.29) is 11.9 Å². The van der Waals surface area contributed by atoms with Crippen molar-refractivity contribution in [3.05, 3.63) is 28.3 Å². The number of ether oxygens (including phenoxy) is 2. The van der Waals surface area contributed by atoms with E-state index in [2.05, 4.69) is 13.8 Å². The maximum Gasteiger partial charge on any atom is 0.308 e. The van der Waals surface area contributed by atoms with Crippen molar-refractivity contribution in [3.63, 3.8) is 0 Å². The van der Waals surface area contributed by atoms with Crippen LogP contribution in [-0.4, -0.2) is 19.7 Å². The first-order valence-corrected chi connectivity index (χ1v) is 8.36. The van der Waals surface area contributed by atoms with Gasteiger partial charge in [0.25, 0.3) is 0 Å². The lowest BCUT2D eigenvalue weighted by molar-refractivity contribution is -0.142. The molecule has 122 valence electrons. The fraction of sp³-hybridized carbons (Fsp3) is 0.611. The minimum Gasteiger partial charge on any atom is -0.493 e. The molecular weight excluding hydrogens is 300 g/mol. The molecule has 0 heterocycles. The Hall–Kier alpha value is -1.22. The number of hydrogen-bond acceptors (Lipinski definition) is 3. The molecular formula is C18H25ClO3. The first-order valence-electron chi connectivity index (χ1n) is 7.98. The molecule has 1 aromatic rings. The summed E-state index contributed by atoms with van der Waals surface area (Å²) in [6.07, 6.45) is 2.87. The number of aryl methyl sites for hydroxylation is 1. The van der Waals surface area contributed by atoms with Gasteiger partial charge in [0.15, 0.2) is 0 Å². The Morgan fingerprint density at radius 1 is 1.45 bits per heavy atom. The largest absolute Gasteiger partial charge is 0.493 e. The van der Waals surface area contributed by atoms with Gasteiger partial charge in [0, 0.05) is 5.02 Å². The maximum atomic E-state index is 11.5. The van der Waals surface area contributed by atoms with Crippen LogP contribution < -0.4 is 4.74 Å². The highest BCUT2D eigenvalue weighted by atomic mass is 35.5. The highest BCUT2D eigenvalue weighted by molar-refractivity contribution is 6.31. The summed E-state index contributed by atoms with van der Waals surface area (Å²) >= 11 is 6.29. The van der Waals surface area contributed by atoms with E-state index >= 15 is 0 Å². The van der Waals surface area contributed by atoms with Gasteiger partial charge in [0.2, 0.25) is 0 Å². The summed E-state index contributed by atoms with van der Waals surface area (Å²) in [5.74, 6) is 1.65. The van der Waals surface area contributed by atoms with Gasteiger partial charge < -0.3 is 9.47 Å². The third-order valence-electron chi connectivity index (χ3n) is 4.37. The molecule has 1 aliphatic rings. The number of carbonyl (C=O) groups excluding carboxylic acids is 1. The molecule has 0 aliphatic heterocycles. The normalized spacial score (nSPS) is 21.3. The summed E-state index contributed by atoms with van der Waals surface area (Å²) < 4.78 is 10.7. The second kappa shape index (κ2) is 7.36. The van der Waals surface area contributed by atoms with Crippen molar-refractivity contribution in [2.24, 2.45) is 11.8 Å². The second-order valence-electron chi connectivity index (χ2n) is 6.25.